The van der Waals surface area contributed by atoms with Gasteiger partial charge in [-0.2, -0.15) is 0 Å². The highest BCUT2D eigenvalue weighted by Crippen LogP contribution is 2.23. The monoisotopic (exact) mass is 597 g/mol. The molecule has 0 saturated carbocycles. The molecule has 0 spiro atoms. The number of aromatic carboxylic acids is 1. The fourth-order valence-electron chi connectivity index (χ4n) is 4.05. The van der Waals surface area contributed by atoms with Gasteiger partial charge in [-0.15, -0.1) is 0 Å². The number of ether oxygens (including phenoxy) is 3. The van der Waals surface area contributed by atoms with Gasteiger partial charge in [-0.1, -0.05) is 43.5 Å². The van der Waals surface area contributed by atoms with Gasteiger partial charge in [0.1, 0.15) is 23.8 Å². The van der Waals surface area contributed by atoms with Crippen molar-refractivity contribution in [3.63, 3.8) is 0 Å². The lowest BCUT2D eigenvalue weighted by atomic mass is 10.1. The fourth-order valence-corrected chi connectivity index (χ4v) is 5.54. The Morgan fingerprint density at radius 2 is 1.62 bits per heavy atom. The summed E-state index contributed by atoms with van der Waals surface area (Å²) in [7, 11) is -1.62. The minimum absolute atomic E-state index is 0.0132. The first kappa shape index (κ1) is 32.1. The average Bonchev–Trinajstić information content (AvgIpc) is 2.97. The van der Waals surface area contributed by atoms with E-state index >= 15 is 0 Å². The Morgan fingerprint density at radius 1 is 0.881 bits per heavy atom. The Hall–Kier alpha value is -4.38. The molecule has 0 bridgehead atoms. The zero-order valence-electron chi connectivity index (χ0n) is 23.4. The maximum Gasteiger partial charge on any atom is 0.335 e. The molecule has 2 N–H and O–H groups in total. The number of rotatable bonds is 18. The Labute approximate surface area is 245 Å². The molecule has 0 fully saturated rings. The van der Waals surface area contributed by atoms with Gasteiger partial charge < -0.3 is 24.4 Å². The molecule has 224 valence electrons. The highest BCUT2D eigenvalue weighted by Gasteiger charge is 2.12. The second kappa shape index (κ2) is 16.2. The Morgan fingerprint density at radius 3 is 2.33 bits per heavy atom. The first-order valence-electron chi connectivity index (χ1n) is 13.5. The topological polar surface area (TPSA) is 149 Å². The lowest BCUT2D eigenvalue weighted by Crippen LogP contribution is -2.09. The zero-order chi connectivity index (χ0) is 30.4. The van der Waals surface area contributed by atoms with Crippen LogP contribution in [0.1, 0.15) is 59.3 Å². The number of unbranched alkanes of at least 4 members (excludes halogenated alkanes) is 4. The number of carboxylic acids is 2. The molecule has 1 aromatic heterocycles. The van der Waals surface area contributed by atoms with Crippen molar-refractivity contribution >= 4 is 27.9 Å². The largest absolute Gasteiger partial charge is 0.497 e. The maximum atomic E-state index is 12.4. The number of hydrogen-bond donors (Lipinski definition) is 2. The molecule has 10 nitrogen and oxygen atoms in total. The molecule has 42 heavy (non-hydrogen) atoms. The van der Waals surface area contributed by atoms with Crippen LogP contribution in [0.25, 0.3) is 6.08 Å². The molecule has 0 radical (unpaired) electrons. The molecule has 2 aromatic carbocycles. The van der Waals surface area contributed by atoms with Crippen molar-refractivity contribution in [3.8, 4) is 17.4 Å². The number of pyridine rings is 1. The van der Waals surface area contributed by atoms with Crippen molar-refractivity contribution in [2.24, 2.45) is 0 Å². The van der Waals surface area contributed by atoms with Crippen LogP contribution in [0, 0.1) is 0 Å². The van der Waals surface area contributed by atoms with E-state index in [-0.39, 0.29) is 35.2 Å². The van der Waals surface area contributed by atoms with E-state index in [4.69, 9.17) is 24.4 Å². The fraction of sp³-hybridized carbons (Fsp3) is 0.323. The number of nitrogens with zero attached hydrogens (tertiary/aromatic N) is 1. The molecule has 0 aliphatic carbocycles. The third-order valence-corrected chi connectivity index (χ3v) is 7.89. The Kier molecular flexibility index (Phi) is 12.4. The lowest BCUT2D eigenvalue weighted by Gasteiger charge is -2.11. The molecule has 0 amide bonds. The molecular formula is C31H35NO9S. The van der Waals surface area contributed by atoms with E-state index in [1.54, 1.807) is 55.6 Å². The summed E-state index contributed by atoms with van der Waals surface area (Å²) in [6.45, 7) is 0.465. The summed E-state index contributed by atoms with van der Waals surface area (Å²) >= 11 is 0. The summed E-state index contributed by atoms with van der Waals surface area (Å²) in [5.74, 6) is -0.698. The van der Waals surface area contributed by atoms with Gasteiger partial charge >= 0.3 is 11.9 Å². The van der Waals surface area contributed by atoms with Crippen molar-refractivity contribution in [1.82, 2.24) is 4.98 Å². The van der Waals surface area contributed by atoms with Crippen molar-refractivity contribution in [1.29, 1.82) is 0 Å². The highest BCUT2D eigenvalue weighted by atomic mass is 32.2. The normalized spacial score (nSPS) is 11.4. The van der Waals surface area contributed by atoms with Crippen LogP contribution in [0.4, 0.5) is 0 Å². The summed E-state index contributed by atoms with van der Waals surface area (Å²) in [6, 6.07) is 16.6. The van der Waals surface area contributed by atoms with Crippen LogP contribution in [-0.4, -0.2) is 55.0 Å². The first-order valence-corrected chi connectivity index (χ1v) is 15.3. The predicted molar refractivity (Wildman–Crippen MR) is 158 cm³/mol. The van der Waals surface area contributed by atoms with Crippen molar-refractivity contribution in [2.75, 3.05) is 19.5 Å². The van der Waals surface area contributed by atoms with E-state index in [2.05, 4.69) is 4.98 Å². The van der Waals surface area contributed by atoms with E-state index < -0.39 is 21.8 Å². The minimum atomic E-state index is -3.19. The Bertz CT molecular complexity index is 1470. The summed E-state index contributed by atoms with van der Waals surface area (Å²) in [6.07, 6.45) is 6.11. The molecule has 1 heterocycles. The van der Waals surface area contributed by atoms with Crippen LogP contribution in [0.5, 0.6) is 17.4 Å². The van der Waals surface area contributed by atoms with Crippen molar-refractivity contribution in [2.45, 2.75) is 44.5 Å². The van der Waals surface area contributed by atoms with Gasteiger partial charge in [-0.05, 0) is 60.4 Å². The average molecular weight is 598 g/mol. The van der Waals surface area contributed by atoms with E-state index in [1.807, 2.05) is 0 Å². The van der Waals surface area contributed by atoms with Crippen LogP contribution in [0.15, 0.2) is 66.7 Å². The van der Waals surface area contributed by atoms with Gasteiger partial charge in [0.15, 0.2) is 9.84 Å². The lowest BCUT2D eigenvalue weighted by molar-refractivity contribution is -0.131. The van der Waals surface area contributed by atoms with Crippen LogP contribution >= 0.6 is 0 Å². The van der Waals surface area contributed by atoms with E-state index in [0.29, 0.717) is 30.1 Å². The molecule has 3 aromatic rings. The summed E-state index contributed by atoms with van der Waals surface area (Å²) in [4.78, 5) is 26.6. The number of aliphatic carboxylic acids is 1. The summed E-state index contributed by atoms with van der Waals surface area (Å²) in [5.41, 5.74) is 1.82. The number of benzene rings is 2. The second-order valence-corrected chi connectivity index (χ2v) is 11.7. The molecule has 11 heteroatoms. The third kappa shape index (κ3) is 11.2. The number of hydrogen-bond acceptors (Lipinski definition) is 8. The van der Waals surface area contributed by atoms with Crippen molar-refractivity contribution < 1.29 is 42.4 Å². The second-order valence-electron chi connectivity index (χ2n) is 9.55. The zero-order valence-corrected chi connectivity index (χ0v) is 24.2. The number of aromatic nitrogens is 1. The molecule has 0 atom stereocenters. The highest BCUT2D eigenvalue weighted by molar-refractivity contribution is 7.90. The van der Waals surface area contributed by atoms with Crippen LogP contribution in [0.2, 0.25) is 0 Å². The Balaban J connectivity index is 1.42. The predicted octanol–water partition coefficient (Wildman–Crippen LogP) is 5.41. The number of methoxy groups -OCH3 is 1. The van der Waals surface area contributed by atoms with Gasteiger partial charge in [0.25, 0.3) is 0 Å². The van der Waals surface area contributed by atoms with Gasteiger partial charge in [0.05, 0.1) is 30.8 Å². The van der Waals surface area contributed by atoms with E-state index in [1.165, 1.54) is 18.2 Å². The molecule has 0 saturated heterocycles. The van der Waals surface area contributed by atoms with Crippen molar-refractivity contribution in [3.05, 3.63) is 89.1 Å². The van der Waals surface area contributed by atoms with Gasteiger partial charge in [0, 0.05) is 12.1 Å². The molecule has 0 aliphatic rings. The smallest absolute Gasteiger partial charge is 0.335 e. The quantitative estimate of drug-likeness (QED) is 0.144. The summed E-state index contributed by atoms with van der Waals surface area (Å²) < 4.78 is 41.5. The molecular weight excluding hydrogens is 562 g/mol. The molecule has 0 unspecified atom stereocenters. The van der Waals surface area contributed by atoms with Gasteiger partial charge in [0.2, 0.25) is 5.88 Å². The van der Waals surface area contributed by atoms with E-state index in [0.717, 1.165) is 37.3 Å². The molecule has 3 rings (SSSR count). The number of carboxylic acid groups (broad SMARTS) is 2. The SMILES string of the molecule is COc1ccc(CS(=O)(=O)CCCCCCCOc2ccc(OCc3cccc(C(=O)O)c3)nc2C=CC(=O)O)cc1. The van der Waals surface area contributed by atoms with Gasteiger partial charge in [-0.3, -0.25) is 0 Å². The van der Waals surface area contributed by atoms with E-state index in [9.17, 15) is 18.0 Å². The molecule has 0 aliphatic heterocycles. The first-order chi connectivity index (χ1) is 20.1. The number of carbonyl (C=O) groups is 2. The standard InChI is InChI=1S/C31H35NO9S/c1-39-26-12-10-23(11-13-26)22-42(37,38)19-6-4-2-3-5-18-40-28-15-16-29(32-27(28)14-17-30(33)34)41-21-24-8-7-9-25(20-24)31(35)36/h7-17,20H,2-6,18-19,21-22H2,1H3,(H,33,34)(H,35,36). The van der Waals surface area contributed by atoms with Gasteiger partial charge in [-0.25, -0.2) is 23.0 Å². The van der Waals surface area contributed by atoms with Crippen LogP contribution in [0.3, 0.4) is 0 Å². The maximum absolute atomic E-state index is 12.4. The third-order valence-electron chi connectivity index (χ3n) is 6.21. The van der Waals surface area contributed by atoms with Crippen LogP contribution in [-0.2, 0) is 27.0 Å². The minimum Gasteiger partial charge on any atom is -0.497 e. The van der Waals surface area contributed by atoms with Crippen LogP contribution < -0.4 is 14.2 Å². The number of sulfone groups is 1. The summed E-state index contributed by atoms with van der Waals surface area (Å²) in [5, 5.41) is 18.2.